The van der Waals surface area contributed by atoms with Gasteiger partial charge in [0.25, 0.3) is 0 Å². The molecule has 0 saturated carbocycles. The first-order chi connectivity index (χ1) is 13.0. The molecular weight excluding hydrogens is 362 g/mol. The minimum Gasteiger partial charge on any atom is -0.462 e. The Kier molecular flexibility index (Phi) is 5.10. The van der Waals surface area contributed by atoms with E-state index in [1.54, 1.807) is 0 Å². The third-order valence-corrected chi connectivity index (χ3v) is 6.16. The van der Waals surface area contributed by atoms with Gasteiger partial charge in [-0.15, -0.1) is 0 Å². The minimum absolute atomic E-state index is 0.378. The van der Waals surface area contributed by atoms with Gasteiger partial charge < -0.3 is 20.3 Å². The summed E-state index contributed by atoms with van der Waals surface area (Å²) in [6, 6.07) is 6.92. The second kappa shape index (κ2) is 7.52. The molecule has 0 spiro atoms. The number of aromatic nitrogens is 2. The third kappa shape index (κ3) is 3.69. The highest BCUT2D eigenvalue weighted by molar-refractivity contribution is 6.34. The lowest BCUT2D eigenvalue weighted by Gasteiger charge is -2.31. The van der Waals surface area contributed by atoms with Gasteiger partial charge in [-0.2, -0.15) is 9.97 Å². The number of anilines is 2. The standard InChI is InChI=1S/C20H26ClN5O/c1-13-5-3-7-17(18(13)21)26-10-8-15-16(11-26)23-20(24-19(15)22)27-12-14-6-4-9-25(14)2/h3,5,7,14H,4,6,8-12H2,1-2H3,(H2,22,23,24)/t14-/m0/s1. The summed E-state index contributed by atoms with van der Waals surface area (Å²) in [7, 11) is 2.13. The summed E-state index contributed by atoms with van der Waals surface area (Å²) >= 11 is 6.52. The molecule has 1 atom stereocenters. The van der Waals surface area contributed by atoms with Gasteiger partial charge in [-0.25, -0.2) is 0 Å². The predicted octanol–water partition coefficient (Wildman–Crippen LogP) is 3.06. The van der Waals surface area contributed by atoms with Crippen molar-refractivity contribution in [2.24, 2.45) is 0 Å². The zero-order valence-electron chi connectivity index (χ0n) is 15.9. The van der Waals surface area contributed by atoms with Gasteiger partial charge in [0, 0.05) is 18.2 Å². The summed E-state index contributed by atoms with van der Waals surface area (Å²) in [6.07, 6.45) is 3.16. The fraction of sp³-hybridized carbons (Fsp3) is 0.500. The van der Waals surface area contributed by atoms with Gasteiger partial charge in [0.1, 0.15) is 12.4 Å². The lowest BCUT2D eigenvalue weighted by molar-refractivity contribution is 0.187. The summed E-state index contributed by atoms with van der Waals surface area (Å²) in [5, 5.41) is 0.795. The molecule has 0 amide bonds. The number of hydrogen-bond acceptors (Lipinski definition) is 6. The summed E-state index contributed by atoms with van der Waals surface area (Å²) in [5.41, 5.74) is 10.3. The summed E-state index contributed by atoms with van der Waals surface area (Å²) in [4.78, 5) is 13.6. The van der Waals surface area contributed by atoms with Crippen LogP contribution in [-0.2, 0) is 13.0 Å². The Bertz CT molecular complexity index is 843. The summed E-state index contributed by atoms with van der Waals surface area (Å²) < 4.78 is 5.90. The Morgan fingerprint density at radius 1 is 1.30 bits per heavy atom. The quantitative estimate of drug-likeness (QED) is 0.869. The number of aryl methyl sites for hydroxylation is 1. The molecule has 0 aliphatic carbocycles. The fourth-order valence-corrected chi connectivity index (χ4v) is 4.19. The van der Waals surface area contributed by atoms with E-state index in [1.165, 1.54) is 6.42 Å². The van der Waals surface area contributed by atoms with Crippen LogP contribution >= 0.6 is 11.6 Å². The second-order valence-corrected chi connectivity index (χ2v) is 7.86. The molecule has 27 heavy (non-hydrogen) atoms. The summed E-state index contributed by atoms with van der Waals surface area (Å²) in [6.45, 7) is 5.24. The molecule has 3 heterocycles. The van der Waals surface area contributed by atoms with E-state index in [0.29, 0.717) is 31.0 Å². The van der Waals surface area contributed by atoms with Crippen molar-refractivity contribution in [3.05, 3.63) is 40.0 Å². The molecular formula is C20H26ClN5O. The van der Waals surface area contributed by atoms with Gasteiger partial charge in [-0.1, -0.05) is 23.7 Å². The van der Waals surface area contributed by atoms with E-state index >= 15 is 0 Å². The van der Waals surface area contributed by atoms with E-state index in [0.717, 1.165) is 53.5 Å². The molecule has 0 unspecified atom stereocenters. The maximum absolute atomic E-state index is 6.52. The van der Waals surface area contributed by atoms with Gasteiger partial charge >= 0.3 is 6.01 Å². The van der Waals surface area contributed by atoms with Crippen LogP contribution in [0.3, 0.4) is 0 Å². The third-order valence-electron chi connectivity index (χ3n) is 5.67. The number of nitrogen functional groups attached to an aromatic ring is 1. The molecule has 2 aliphatic heterocycles. The number of benzene rings is 1. The smallest absolute Gasteiger partial charge is 0.318 e. The van der Waals surface area contributed by atoms with Crippen LogP contribution in [0.25, 0.3) is 0 Å². The van der Waals surface area contributed by atoms with Gasteiger partial charge in [0.05, 0.1) is 22.9 Å². The second-order valence-electron chi connectivity index (χ2n) is 7.48. The lowest BCUT2D eigenvalue weighted by atomic mass is 10.0. The number of likely N-dealkylation sites (N-methyl/N-ethyl adjacent to an activating group) is 1. The highest BCUT2D eigenvalue weighted by Crippen LogP contribution is 2.33. The van der Waals surface area contributed by atoms with E-state index < -0.39 is 0 Å². The normalized spacial score (nSPS) is 20.0. The van der Waals surface area contributed by atoms with Crippen LogP contribution < -0.4 is 15.4 Å². The average molecular weight is 388 g/mol. The zero-order valence-corrected chi connectivity index (χ0v) is 16.7. The number of ether oxygens (including phenoxy) is 1. The number of nitrogens with zero attached hydrogens (tertiary/aromatic N) is 4. The van der Waals surface area contributed by atoms with E-state index in [1.807, 2.05) is 19.1 Å². The number of rotatable bonds is 4. The Balaban J connectivity index is 1.53. The van der Waals surface area contributed by atoms with Crippen LogP contribution in [0.4, 0.5) is 11.5 Å². The lowest BCUT2D eigenvalue weighted by Crippen LogP contribution is -2.33. The number of likely N-dealkylation sites (tertiary alicyclic amines) is 1. The first-order valence-corrected chi connectivity index (χ1v) is 9.89. The van der Waals surface area contributed by atoms with E-state index in [-0.39, 0.29) is 0 Å². The van der Waals surface area contributed by atoms with E-state index in [4.69, 9.17) is 22.1 Å². The van der Waals surface area contributed by atoms with Crippen LogP contribution in [0.5, 0.6) is 6.01 Å². The van der Waals surface area contributed by atoms with Crippen molar-refractivity contribution in [1.29, 1.82) is 0 Å². The molecule has 4 rings (SSSR count). The molecule has 0 radical (unpaired) electrons. The largest absolute Gasteiger partial charge is 0.462 e. The van der Waals surface area contributed by atoms with Crippen LogP contribution in [0.15, 0.2) is 18.2 Å². The maximum atomic E-state index is 6.52. The molecule has 2 aliphatic rings. The fourth-order valence-electron chi connectivity index (χ4n) is 3.94. The first-order valence-electron chi connectivity index (χ1n) is 9.51. The molecule has 6 nitrogen and oxygen atoms in total. The molecule has 1 fully saturated rings. The minimum atomic E-state index is 0.378. The molecule has 7 heteroatoms. The van der Waals surface area contributed by atoms with Gasteiger partial charge in [0.15, 0.2) is 0 Å². The van der Waals surface area contributed by atoms with Crippen molar-refractivity contribution in [3.63, 3.8) is 0 Å². The van der Waals surface area contributed by atoms with Crippen molar-refractivity contribution < 1.29 is 4.74 Å². The Hall–Kier alpha value is -2.05. The molecule has 2 N–H and O–H groups in total. The Morgan fingerprint density at radius 2 is 2.15 bits per heavy atom. The molecule has 1 aromatic heterocycles. The molecule has 1 saturated heterocycles. The molecule has 1 aromatic carbocycles. The highest BCUT2D eigenvalue weighted by Gasteiger charge is 2.25. The highest BCUT2D eigenvalue weighted by atomic mass is 35.5. The van der Waals surface area contributed by atoms with Gasteiger partial charge in [-0.05, 0) is 51.4 Å². The van der Waals surface area contributed by atoms with Crippen molar-refractivity contribution in [3.8, 4) is 6.01 Å². The monoisotopic (exact) mass is 387 g/mol. The van der Waals surface area contributed by atoms with Crippen molar-refractivity contribution in [2.45, 2.75) is 38.8 Å². The molecule has 2 aromatic rings. The van der Waals surface area contributed by atoms with E-state index in [9.17, 15) is 0 Å². The summed E-state index contributed by atoms with van der Waals surface area (Å²) in [5.74, 6) is 0.532. The zero-order chi connectivity index (χ0) is 19.0. The van der Waals surface area contributed by atoms with Crippen molar-refractivity contribution in [1.82, 2.24) is 14.9 Å². The average Bonchev–Trinajstić information content (AvgIpc) is 3.07. The number of hydrogen-bond donors (Lipinski definition) is 1. The van der Waals surface area contributed by atoms with Crippen LogP contribution in [0, 0.1) is 6.92 Å². The van der Waals surface area contributed by atoms with Gasteiger partial charge in [-0.3, -0.25) is 0 Å². The van der Waals surface area contributed by atoms with Crippen molar-refractivity contribution >= 4 is 23.1 Å². The predicted molar refractivity (Wildman–Crippen MR) is 109 cm³/mol. The topological polar surface area (TPSA) is 67.5 Å². The van der Waals surface area contributed by atoms with Crippen LogP contribution in [-0.4, -0.2) is 47.7 Å². The van der Waals surface area contributed by atoms with Crippen LogP contribution in [0.2, 0.25) is 5.02 Å². The van der Waals surface area contributed by atoms with E-state index in [2.05, 4.69) is 32.9 Å². The van der Waals surface area contributed by atoms with Crippen LogP contribution in [0.1, 0.15) is 29.7 Å². The maximum Gasteiger partial charge on any atom is 0.318 e. The first kappa shape index (κ1) is 18.3. The Morgan fingerprint density at radius 3 is 2.93 bits per heavy atom. The number of fused-ring (bicyclic) bond motifs is 1. The van der Waals surface area contributed by atoms with Gasteiger partial charge in [0.2, 0.25) is 0 Å². The molecule has 144 valence electrons. The number of nitrogens with two attached hydrogens (primary N) is 1. The van der Waals surface area contributed by atoms with Crippen molar-refractivity contribution in [2.75, 3.05) is 37.4 Å². The Labute approximate surface area is 165 Å². The number of halogens is 1. The molecule has 0 bridgehead atoms. The SMILES string of the molecule is Cc1cccc(N2CCc3c(N)nc(OC[C@@H]4CCCN4C)nc3C2)c1Cl.